The van der Waals surface area contributed by atoms with Crippen molar-refractivity contribution in [1.82, 2.24) is 15.3 Å². The maximum absolute atomic E-state index is 4.81. The smallest absolute Gasteiger partial charge is 0.147 e. The molecule has 1 N–H and O–H groups in total. The fourth-order valence-corrected chi connectivity index (χ4v) is 2.37. The van der Waals surface area contributed by atoms with Crippen molar-refractivity contribution in [2.24, 2.45) is 11.8 Å². The van der Waals surface area contributed by atoms with Gasteiger partial charge in [-0.05, 0) is 37.6 Å². The molecule has 1 aromatic rings. The van der Waals surface area contributed by atoms with E-state index in [9.17, 15) is 0 Å². The minimum Gasteiger partial charge on any atom is -0.352 e. The van der Waals surface area contributed by atoms with Gasteiger partial charge in [0.2, 0.25) is 0 Å². The van der Waals surface area contributed by atoms with Crippen molar-refractivity contribution in [2.75, 3.05) is 18.0 Å². The standard InChI is InChI=1S/C17H30N4/c1-13(2)7-8-21(16-5-6-16)17-12-19-11-15(20-17)10-18-9-14(3)4/h11-14,16,18H,5-10H2,1-4H3. The van der Waals surface area contributed by atoms with Crippen molar-refractivity contribution < 1.29 is 0 Å². The summed E-state index contributed by atoms with van der Waals surface area (Å²) in [4.78, 5) is 11.7. The van der Waals surface area contributed by atoms with Crippen LogP contribution in [-0.4, -0.2) is 29.1 Å². The molecule has 0 atom stereocenters. The fraction of sp³-hybridized carbons (Fsp3) is 0.765. The van der Waals surface area contributed by atoms with Crippen LogP contribution in [0.25, 0.3) is 0 Å². The molecule has 0 aliphatic heterocycles. The molecule has 1 aliphatic carbocycles. The number of nitrogens with one attached hydrogen (secondary N) is 1. The zero-order valence-corrected chi connectivity index (χ0v) is 14.0. The van der Waals surface area contributed by atoms with Crippen LogP contribution in [0, 0.1) is 11.8 Å². The topological polar surface area (TPSA) is 41.1 Å². The van der Waals surface area contributed by atoms with Gasteiger partial charge in [0.05, 0.1) is 11.9 Å². The molecule has 1 saturated carbocycles. The molecule has 0 radical (unpaired) electrons. The molecule has 0 amide bonds. The van der Waals surface area contributed by atoms with Gasteiger partial charge in [-0.25, -0.2) is 4.98 Å². The van der Waals surface area contributed by atoms with E-state index in [0.29, 0.717) is 12.0 Å². The van der Waals surface area contributed by atoms with E-state index in [-0.39, 0.29) is 0 Å². The second-order valence-electron chi connectivity index (χ2n) is 7.00. The molecule has 2 rings (SSSR count). The zero-order valence-electron chi connectivity index (χ0n) is 14.0. The van der Waals surface area contributed by atoms with Crippen molar-refractivity contribution in [2.45, 2.75) is 59.5 Å². The lowest BCUT2D eigenvalue weighted by Gasteiger charge is -2.24. The Bertz CT molecular complexity index is 427. The molecule has 0 aromatic carbocycles. The highest BCUT2D eigenvalue weighted by Crippen LogP contribution is 2.30. The van der Waals surface area contributed by atoms with Crippen LogP contribution in [0.1, 0.15) is 52.7 Å². The molecular formula is C17H30N4. The lowest BCUT2D eigenvalue weighted by molar-refractivity contribution is 0.545. The van der Waals surface area contributed by atoms with Gasteiger partial charge in [0.25, 0.3) is 0 Å². The van der Waals surface area contributed by atoms with Crippen LogP contribution >= 0.6 is 0 Å². The first-order chi connectivity index (χ1) is 10.1. The van der Waals surface area contributed by atoms with Crippen LogP contribution in [0.15, 0.2) is 12.4 Å². The van der Waals surface area contributed by atoms with Gasteiger partial charge in [-0.2, -0.15) is 0 Å². The van der Waals surface area contributed by atoms with Gasteiger partial charge in [0.1, 0.15) is 5.82 Å². The summed E-state index contributed by atoms with van der Waals surface area (Å²) in [6, 6.07) is 0.692. The Morgan fingerprint density at radius 1 is 1.19 bits per heavy atom. The van der Waals surface area contributed by atoms with E-state index in [4.69, 9.17) is 4.98 Å². The normalized spacial score (nSPS) is 15.0. The number of rotatable bonds is 9. The number of aromatic nitrogens is 2. The van der Waals surface area contributed by atoms with Crippen molar-refractivity contribution in [3.63, 3.8) is 0 Å². The van der Waals surface area contributed by atoms with E-state index in [1.54, 1.807) is 0 Å². The molecule has 1 aliphatic rings. The maximum atomic E-state index is 4.81. The van der Waals surface area contributed by atoms with Gasteiger partial charge >= 0.3 is 0 Å². The second-order valence-corrected chi connectivity index (χ2v) is 7.00. The van der Waals surface area contributed by atoms with Gasteiger partial charge in [-0.15, -0.1) is 0 Å². The van der Waals surface area contributed by atoms with Gasteiger partial charge in [-0.1, -0.05) is 27.7 Å². The average Bonchev–Trinajstić information content (AvgIpc) is 3.23. The van der Waals surface area contributed by atoms with Crippen LogP contribution in [0.3, 0.4) is 0 Å². The number of nitrogens with zero attached hydrogens (tertiary/aromatic N) is 3. The largest absolute Gasteiger partial charge is 0.352 e. The van der Waals surface area contributed by atoms with E-state index in [2.05, 4.69) is 42.9 Å². The van der Waals surface area contributed by atoms with E-state index >= 15 is 0 Å². The molecule has 1 heterocycles. The van der Waals surface area contributed by atoms with Gasteiger partial charge in [0, 0.05) is 25.3 Å². The third-order valence-corrected chi connectivity index (χ3v) is 3.76. The molecule has 1 aromatic heterocycles. The Morgan fingerprint density at radius 2 is 1.95 bits per heavy atom. The van der Waals surface area contributed by atoms with E-state index in [0.717, 1.165) is 37.1 Å². The first-order valence-corrected chi connectivity index (χ1v) is 8.34. The van der Waals surface area contributed by atoms with Crippen LogP contribution in [0.5, 0.6) is 0 Å². The van der Waals surface area contributed by atoms with Crippen molar-refractivity contribution in [1.29, 1.82) is 0 Å². The van der Waals surface area contributed by atoms with Crippen LogP contribution in [0.2, 0.25) is 0 Å². The molecule has 21 heavy (non-hydrogen) atoms. The Labute approximate surface area is 129 Å². The predicted molar refractivity (Wildman–Crippen MR) is 88.4 cm³/mol. The molecule has 0 bridgehead atoms. The lowest BCUT2D eigenvalue weighted by atomic mass is 10.1. The summed E-state index contributed by atoms with van der Waals surface area (Å²) < 4.78 is 0. The Kier molecular flexibility index (Phi) is 5.97. The zero-order chi connectivity index (χ0) is 15.2. The third-order valence-electron chi connectivity index (χ3n) is 3.76. The lowest BCUT2D eigenvalue weighted by Crippen LogP contribution is -2.29. The monoisotopic (exact) mass is 290 g/mol. The van der Waals surface area contributed by atoms with E-state index < -0.39 is 0 Å². The molecule has 0 spiro atoms. The molecule has 0 saturated heterocycles. The molecule has 1 fully saturated rings. The Morgan fingerprint density at radius 3 is 2.57 bits per heavy atom. The number of anilines is 1. The minimum absolute atomic E-state index is 0.662. The van der Waals surface area contributed by atoms with Gasteiger partial charge in [-0.3, -0.25) is 4.98 Å². The van der Waals surface area contributed by atoms with Crippen LogP contribution in [0.4, 0.5) is 5.82 Å². The van der Waals surface area contributed by atoms with Crippen molar-refractivity contribution in [3.05, 3.63) is 18.1 Å². The SMILES string of the molecule is CC(C)CCN(c1cncc(CNCC(C)C)n1)C1CC1. The van der Waals surface area contributed by atoms with Gasteiger partial charge < -0.3 is 10.2 Å². The first kappa shape index (κ1) is 16.2. The average molecular weight is 290 g/mol. The highest BCUT2D eigenvalue weighted by Gasteiger charge is 2.30. The summed E-state index contributed by atoms with van der Waals surface area (Å²) in [5.41, 5.74) is 1.04. The highest BCUT2D eigenvalue weighted by molar-refractivity contribution is 5.39. The summed E-state index contributed by atoms with van der Waals surface area (Å²) in [5, 5.41) is 3.44. The molecule has 4 nitrogen and oxygen atoms in total. The molecule has 0 unspecified atom stereocenters. The number of hydrogen-bond donors (Lipinski definition) is 1. The summed E-state index contributed by atoms with van der Waals surface area (Å²) in [7, 11) is 0. The first-order valence-electron chi connectivity index (χ1n) is 8.34. The van der Waals surface area contributed by atoms with E-state index in [1.165, 1.54) is 19.3 Å². The minimum atomic E-state index is 0.662. The highest BCUT2D eigenvalue weighted by atomic mass is 15.2. The second kappa shape index (κ2) is 7.74. The predicted octanol–water partition coefficient (Wildman–Crippen LogP) is 3.24. The fourth-order valence-electron chi connectivity index (χ4n) is 2.37. The Hall–Kier alpha value is -1.16. The van der Waals surface area contributed by atoms with Crippen molar-refractivity contribution in [3.8, 4) is 0 Å². The molecule has 4 heteroatoms. The third kappa shape index (κ3) is 5.62. The molecular weight excluding hydrogens is 260 g/mol. The molecule has 118 valence electrons. The number of hydrogen-bond acceptors (Lipinski definition) is 4. The summed E-state index contributed by atoms with van der Waals surface area (Å²) >= 11 is 0. The van der Waals surface area contributed by atoms with Crippen LogP contribution < -0.4 is 10.2 Å². The summed E-state index contributed by atoms with van der Waals surface area (Å²) in [5.74, 6) is 2.45. The van der Waals surface area contributed by atoms with E-state index in [1.807, 2.05) is 12.4 Å². The summed E-state index contributed by atoms with van der Waals surface area (Å²) in [6.07, 6.45) is 7.62. The Balaban J connectivity index is 1.96. The van der Waals surface area contributed by atoms with Gasteiger partial charge in [0.15, 0.2) is 0 Å². The van der Waals surface area contributed by atoms with Crippen molar-refractivity contribution >= 4 is 5.82 Å². The summed E-state index contributed by atoms with van der Waals surface area (Å²) in [6.45, 7) is 11.9. The maximum Gasteiger partial charge on any atom is 0.147 e. The quantitative estimate of drug-likeness (QED) is 0.758. The van der Waals surface area contributed by atoms with Crippen LogP contribution in [-0.2, 0) is 6.54 Å².